The molecule has 2 unspecified atom stereocenters. The van der Waals surface area contributed by atoms with E-state index in [2.05, 4.69) is 0 Å². The second kappa shape index (κ2) is 7.53. The Labute approximate surface area is 119 Å². The van der Waals surface area contributed by atoms with Crippen molar-refractivity contribution in [3.63, 3.8) is 0 Å². The van der Waals surface area contributed by atoms with Gasteiger partial charge in [0.05, 0.1) is 0 Å². The summed E-state index contributed by atoms with van der Waals surface area (Å²) in [6.07, 6.45) is 0.170. The molecule has 0 heterocycles. The third-order valence-electron chi connectivity index (χ3n) is 3.15. The molecule has 0 aromatic heterocycles. The summed E-state index contributed by atoms with van der Waals surface area (Å²) in [5.41, 5.74) is 0. The zero-order valence-corrected chi connectivity index (χ0v) is 12.1. The third-order valence-corrected chi connectivity index (χ3v) is 3.15. The molecule has 20 heavy (non-hydrogen) atoms. The Morgan fingerprint density at radius 1 is 1.20 bits per heavy atom. The SMILES string of the molecule is CCC(Oc1ccccc1)C(=O)N(C)C(CC)C(=O)O. The number of aliphatic carboxylic acids is 1. The van der Waals surface area contributed by atoms with Gasteiger partial charge in [-0.1, -0.05) is 32.0 Å². The highest BCUT2D eigenvalue weighted by Gasteiger charge is 2.30. The van der Waals surface area contributed by atoms with Gasteiger partial charge >= 0.3 is 5.97 Å². The number of carboxylic acids is 1. The van der Waals surface area contributed by atoms with Gasteiger partial charge in [-0.15, -0.1) is 0 Å². The van der Waals surface area contributed by atoms with E-state index in [9.17, 15) is 9.59 Å². The van der Waals surface area contributed by atoms with Gasteiger partial charge in [0.25, 0.3) is 5.91 Å². The van der Waals surface area contributed by atoms with Crippen molar-refractivity contribution in [2.75, 3.05) is 7.05 Å². The molecule has 1 amide bonds. The minimum Gasteiger partial charge on any atom is -0.481 e. The van der Waals surface area contributed by atoms with Crippen molar-refractivity contribution in [1.29, 1.82) is 0 Å². The number of carbonyl (C=O) groups is 2. The summed E-state index contributed by atoms with van der Waals surface area (Å²) in [4.78, 5) is 24.7. The standard InChI is InChI=1S/C15H21NO4/c1-4-12(15(18)19)16(3)14(17)13(5-2)20-11-9-7-6-8-10-11/h6-10,12-13H,4-5H2,1-3H3,(H,18,19). The van der Waals surface area contributed by atoms with Crippen molar-refractivity contribution in [2.45, 2.75) is 38.8 Å². The minimum absolute atomic E-state index is 0.314. The number of ether oxygens (including phenoxy) is 1. The summed E-state index contributed by atoms with van der Waals surface area (Å²) in [7, 11) is 1.50. The lowest BCUT2D eigenvalue weighted by molar-refractivity contribution is -0.152. The van der Waals surface area contributed by atoms with E-state index in [1.807, 2.05) is 25.1 Å². The second-order valence-corrected chi connectivity index (χ2v) is 4.54. The van der Waals surface area contributed by atoms with E-state index in [1.54, 1.807) is 19.1 Å². The maximum absolute atomic E-state index is 12.3. The van der Waals surface area contributed by atoms with Crippen LogP contribution >= 0.6 is 0 Å². The Balaban J connectivity index is 2.78. The molecule has 1 N–H and O–H groups in total. The molecule has 0 saturated heterocycles. The van der Waals surface area contributed by atoms with Crippen molar-refractivity contribution >= 4 is 11.9 Å². The fraction of sp³-hybridized carbons (Fsp3) is 0.467. The minimum atomic E-state index is -1.00. The van der Waals surface area contributed by atoms with Gasteiger partial charge < -0.3 is 14.7 Å². The largest absolute Gasteiger partial charge is 0.481 e. The molecule has 0 bridgehead atoms. The van der Waals surface area contributed by atoms with Crippen LogP contribution in [0.5, 0.6) is 5.75 Å². The number of carbonyl (C=O) groups excluding carboxylic acids is 1. The predicted molar refractivity (Wildman–Crippen MR) is 75.6 cm³/mol. The van der Waals surface area contributed by atoms with E-state index >= 15 is 0 Å². The van der Waals surface area contributed by atoms with E-state index in [-0.39, 0.29) is 5.91 Å². The van der Waals surface area contributed by atoms with E-state index in [4.69, 9.17) is 9.84 Å². The number of nitrogens with zero attached hydrogens (tertiary/aromatic N) is 1. The molecule has 0 aliphatic carbocycles. The molecule has 0 saturated carbocycles. The number of benzene rings is 1. The molecule has 0 spiro atoms. The molecule has 1 aromatic rings. The average molecular weight is 279 g/mol. The van der Waals surface area contributed by atoms with Gasteiger partial charge in [-0.05, 0) is 25.0 Å². The number of para-hydroxylation sites is 1. The number of carboxylic acid groups (broad SMARTS) is 1. The average Bonchev–Trinajstić information content (AvgIpc) is 2.45. The van der Waals surface area contributed by atoms with Crippen LogP contribution in [0.2, 0.25) is 0 Å². The van der Waals surface area contributed by atoms with Crippen LogP contribution in [0.4, 0.5) is 0 Å². The van der Waals surface area contributed by atoms with Crippen LogP contribution in [0.1, 0.15) is 26.7 Å². The summed E-state index contributed by atoms with van der Waals surface area (Å²) >= 11 is 0. The van der Waals surface area contributed by atoms with E-state index in [0.29, 0.717) is 18.6 Å². The normalized spacial score (nSPS) is 13.3. The smallest absolute Gasteiger partial charge is 0.326 e. The zero-order chi connectivity index (χ0) is 15.1. The van der Waals surface area contributed by atoms with Crippen molar-refractivity contribution in [3.8, 4) is 5.75 Å². The van der Waals surface area contributed by atoms with Gasteiger partial charge in [0, 0.05) is 7.05 Å². The zero-order valence-electron chi connectivity index (χ0n) is 12.1. The lowest BCUT2D eigenvalue weighted by Crippen LogP contribution is -2.47. The fourth-order valence-corrected chi connectivity index (χ4v) is 1.97. The van der Waals surface area contributed by atoms with Crippen molar-refractivity contribution in [3.05, 3.63) is 30.3 Å². The summed E-state index contributed by atoms with van der Waals surface area (Å²) < 4.78 is 5.64. The van der Waals surface area contributed by atoms with Gasteiger partial charge in [-0.3, -0.25) is 4.79 Å². The molecule has 1 rings (SSSR count). The first-order valence-electron chi connectivity index (χ1n) is 6.72. The van der Waals surface area contributed by atoms with Gasteiger partial charge in [-0.2, -0.15) is 0 Å². The van der Waals surface area contributed by atoms with Gasteiger partial charge in [0.1, 0.15) is 11.8 Å². The summed E-state index contributed by atoms with van der Waals surface area (Å²) in [5.74, 6) is -0.715. The summed E-state index contributed by atoms with van der Waals surface area (Å²) in [6, 6.07) is 8.22. The number of hydrogen-bond donors (Lipinski definition) is 1. The van der Waals surface area contributed by atoms with Crippen molar-refractivity contribution < 1.29 is 19.4 Å². The fourth-order valence-electron chi connectivity index (χ4n) is 1.97. The first-order valence-corrected chi connectivity index (χ1v) is 6.72. The molecule has 1 aromatic carbocycles. The molecule has 5 nitrogen and oxygen atoms in total. The van der Waals surface area contributed by atoms with Crippen LogP contribution < -0.4 is 4.74 Å². The number of hydrogen-bond acceptors (Lipinski definition) is 3. The van der Waals surface area contributed by atoms with Crippen LogP contribution in [-0.4, -0.2) is 41.1 Å². The Kier molecular flexibility index (Phi) is 6.03. The highest BCUT2D eigenvalue weighted by molar-refractivity contribution is 5.86. The number of likely N-dealkylation sites (N-methyl/N-ethyl adjacent to an activating group) is 1. The second-order valence-electron chi connectivity index (χ2n) is 4.54. The summed E-state index contributed by atoms with van der Waals surface area (Å²) in [6.45, 7) is 3.57. The van der Waals surface area contributed by atoms with Gasteiger partial charge in [0.15, 0.2) is 6.10 Å². The molecule has 0 radical (unpaired) electrons. The van der Waals surface area contributed by atoms with Crippen LogP contribution in [0.25, 0.3) is 0 Å². The first-order chi connectivity index (χ1) is 9.51. The topological polar surface area (TPSA) is 66.8 Å². The molecule has 0 aliphatic heterocycles. The molecule has 2 atom stereocenters. The predicted octanol–water partition coefficient (Wildman–Crippen LogP) is 2.17. The molecule has 0 aliphatic rings. The Morgan fingerprint density at radius 2 is 1.80 bits per heavy atom. The van der Waals surface area contributed by atoms with Gasteiger partial charge in [0.2, 0.25) is 0 Å². The Morgan fingerprint density at radius 3 is 2.25 bits per heavy atom. The van der Waals surface area contributed by atoms with E-state index in [1.165, 1.54) is 11.9 Å². The van der Waals surface area contributed by atoms with Crippen LogP contribution in [0, 0.1) is 0 Å². The van der Waals surface area contributed by atoms with Crippen molar-refractivity contribution in [2.24, 2.45) is 0 Å². The molecule has 110 valence electrons. The monoisotopic (exact) mass is 279 g/mol. The Hall–Kier alpha value is -2.04. The molecule has 5 heteroatoms. The lowest BCUT2D eigenvalue weighted by atomic mass is 10.1. The quantitative estimate of drug-likeness (QED) is 0.830. The molecule has 0 fully saturated rings. The Bertz CT molecular complexity index is 446. The molecular weight excluding hydrogens is 258 g/mol. The van der Waals surface area contributed by atoms with Crippen LogP contribution in [0.3, 0.4) is 0 Å². The molecular formula is C15H21NO4. The van der Waals surface area contributed by atoms with E-state index in [0.717, 1.165) is 0 Å². The number of rotatable bonds is 7. The van der Waals surface area contributed by atoms with Crippen molar-refractivity contribution in [1.82, 2.24) is 4.90 Å². The van der Waals surface area contributed by atoms with Gasteiger partial charge in [-0.25, -0.2) is 4.79 Å². The highest BCUT2D eigenvalue weighted by atomic mass is 16.5. The van der Waals surface area contributed by atoms with E-state index < -0.39 is 18.1 Å². The number of amides is 1. The maximum Gasteiger partial charge on any atom is 0.326 e. The third kappa shape index (κ3) is 3.98. The first kappa shape index (κ1) is 16.0. The van der Waals surface area contributed by atoms with Crippen LogP contribution in [0.15, 0.2) is 30.3 Å². The van der Waals surface area contributed by atoms with Crippen LogP contribution in [-0.2, 0) is 9.59 Å². The summed E-state index contributed by atoms with van der Waals surface area (Å²) in [5, 5.41) is 9.10. The lowest BCUT2D eigenvalue weighted by Gasteiger charge is -2.28. The highest BCUT2D eigenvalue weighted by Crippen LogP contribution is 2.15. The maximum atomic E-state index is 12.3.